The maximum atomic E-state index is 12.8. The highest BCUT2D eigenvalue weighted by Gasteiger charge is 2.43. The van der Waals surface area contributed by atoms with Crippen molar-refractivity contribution in [1.29, 1.82) is 0 Å². The summed E-state index contributed by atoms with van der Waals surface area (Å²) in [5, 5.41) is 0. The second-order valence-electron chi connectivity index (χ2n) is 5.93. The van der Waals surface area contributed by atoms with Crippen LogP contribution in [-0.4, -0.2) is 52.8 Å². The van der Waals surface area contributed by atoms with Crippen molar-refractivity contribution >= 4 is 17.7 Å². The van der Waals surface area contributed by atoms with E-state index >= 15 is 0 Å². The van der Waals surface area contributed by atoms with Crippen LogP contribution >= 0.6 is 0 Å². The first-order chi connectivity index (χ1) is 11.7. The molecule has 2 rings (SSSR count). The molecule has 5 nitrogen and oxygen atoms in total. The highest BCUT2D eigenvalue weighted by molar-refractivity contribution is 6.22. The summed E-state index contributed by atoms with van der Waals surface area (Å²) in [6, 6.07) is 4.77. The van der Waals surface area contributed by atoms with Crippen LogP contribution in [-0.2, 0) is 4.79 Å². The van der Waals surface area contributed by atoms with Gasteiger partial charge in [-0.1, -0.05) is 25.5 Å². The summed E-state index contributed by atoms with van der Waals surface area (Å²) in [4.78, 5) is 38.7. The van der Waals surface area contributed by atoms with E-state index in [-0.39, 0.29) is 17.7 Å². The van der Waals surface area contributed by atoms with Crippen molar-refractivity contribution in [2.45, 2.75) is 38.9 Å². The molecule has 1 aromatic rings. The molecule has 0 spiro atoms. The van der Waals surface area contributed by atoms with Crippen LogP contribution in [0.5, 0.6) is 0 Å². The van der Waals surface area contributed by atoms with Gasteiger partial charge < -0.3 is 4.90 Å². The van der Waals surface area contributed by atoms with Gasteiger partial charge in [0.25, 0.3) is 11.8 Å². The number of carbonyl (C=O) groups is 3. The molecule has 1 aliphatic heterocycles. The number of unbranched alkanes of at least 4 members (excludes halogenated alkanes) is 1. The third-order valence-corrected chi connectivity index (χ3v) is 4.03. The lowest BCUT2D eigenvalue weighted by Gasteiger charge is -2.30. The summed E-state index contributed by atoms with van der Waals surface area (Å²) >= 11 is 0. The van der Waals surface area contributed by atoms with Gasteiger partial charge in [-0.25, -0.2) is 0 Å². The van der Waals surface area contributed by atoms with Gasteiger partial charge in [-0.3, -0.25) is 19.3 Å². The number of amides is 3. The van der Waals surface area contributed by atoms with E-state index in [0.29, 0.717) is 17.7 Å². The fourth-order valence-corrected chi connectivity index (χ4v) is 2.77. The minimum Gasteiger partial charge on any atom is -0.332 e. The lowest BCUT2D eigenvalue weighted by molar-refractivity contribution is -0.163. The number of carbonyl (C=O) groups excluding carboxylic acids is 3. The molecular formula is C17H19F3N2O3. The Morgan fingerprint density at radius 3 is 2.12 bits per heavy atom. The van der Waals surface area contributed by atoms with Crippen LogP contribution in [0.1, 0.15) is 47.4 Å². The van der Waals surface area contributed by atoms with Gasteiger partial charge in [0.15, 0.2) is 0 Å². The van der Waals surface area contributed by atoms with E-state index in [1.807, 2.05) is 0 Å². The Labute approximate surface area is 143 Å². The zero-order chi connectivity index (χ0) is 18.8. The van der Waals surface area contributed by atoms with Crippen molar-refractivity contribution in [3.63, 3.8) is 0 Å². The normalized spacial score (nSPS) is 15.3. The smallest absolute Gasteiger partial charge is 0.332 e. The van der Waals surface area contributed by atoms with E-state index in [2.05, 4.69) is 0 Å². The lowest BCUT2D eigenvalue weighted by Crippen LogP contribution is -2.51. The van der Waals surface area contributed by atoms with Crippen molar-refractivity contribution in [3.8, 4) is 0 Å². The maximum absolute atomic E-state index is 12.8. The van der Waals surface area contributed by atoms with Gasteiger partial charge in [-0.15, -0.1) is 0 Å². The van der Waals surface area contributed by atoms with E-state index < -0.39 is 36.5 Å². The molecule has 0 fully saturated rings. The molecule has 0 aromatic heterocycles. The fourth-order valence-electron chi connectivity index (χ4n) is 2.77. The number of hydrogen-bond donors (Lipinski definition) is 0. The van der Waals surface area contributed by atoms with Gasteiger partial charge >= 0.3 is 6.18 Å². The molecule has 0 saturated heterocycles. The quantitative estimate of drug-likeness (QED) is 0.737. The van der Waals surface area contributed by atoms with Gasteiger partial charge in [-0.2, -0.15) is 13.2 Å². The number of imide groups is 1. The molecule has 3 amide bonds. The molecule has 1 atom stereocenters. The molecule has 136 valence electrons. The van der Waals surface area contributed by atoms with Crippen molar-refractivity contribution < 1.29 is 27.6 Å². The number of rotatable bonds is 6. The zero-order valence-corrected chi connectivity index (χ0v) is 14.0. The Balaban J connectivity index is 2.23. The van der Waals surface area contributed by atoms with Crippen LogP contribution in [0.2, 0.25) is 0 Å². The molecule has 0 radical (unpaired) electrons. The molecule has 1 heterocycles. The average molecular weight is 356 g/mol. The lowest BCUT2D eigenvalue weighted by atomic mass is 10.1. The molecule has 8 heteroatoms. The molecule has 1 aliphatic rings. The molecular weight excluding hydrogens is 337 g/mol. The number of fused-ring (bicyclic) bond motifs is 1. The van der Waals surface area contributed by atoms with Crippen LogP contribution < -0.4 is 0 Å². The summed E-state index contributed by atoms with van der Waals surface area (Å²) in [5.74, 6) is -2.21. The van der Waals surface area contributed by atoms with Gasteiger partial charge in [0.2, 0.25) is 5.91 Å². The zero-order valence-electron chi connectivity index (χ0n) is 14.0. The average Bonchev–Trinajstić information content (AvgIpc) is 2.81. The van der Waals surface area contributed by atoms with Gasteiger partial charge in [0.1, 0.15) is 12.6 Å². The van der Waals surface area contributed by atoms with Crippen molar-refractivity contribution in [1.82, 2.24) is 9.80 Å². The fraction of sp³-hybridized carbons (Fsp3) is 0.471. The minimum absolute atomic E-state index is 0.0810. The van der Waals surface area contributed by atoms with Crippen LogP contribution in [0.25, 0.3) is 0 Å². The third kappa shape index (κ3) is 4.00. The Hall–Kier alpha value is -2.38. The SMILES string of the molecule is CCCCN(CC(F)(F)F)C(=O)C(C)N1C(=O)c2ccccc2C1=O. The van der Waals surface area contributed by atoms with E-state index in [0.717, 1.165) is 4.90 Å². The maximum Gasteiger partial charge on any atom is 0.406 e. The largest absolute Gasteiger partial charge is 0.406 e. The van der Waals surface area contributed by atoms with Crippen LogP contribution in [0.3, 0.4) is 0 Å². The van der Waals surface area contributed by atoms with Crippen molar-refractivity contribution in [3.05, 3.63) is 35.4 Å². The number of benzene rings is 1. The molecule has 0 N–H and O–H groups in total. The van der Waals surface area contributed by atoms with Crippen LogP contribution in [0.15, 0.2) is 24.3 Å². The Bertz CT molecular complexity index is 653. The summed E-state index contributed by atoms with van der Waals surface area (Å²) in [5.41, 5.74) is 0.311. The molecule has 0 bridgehead atoms. The Kier molecular flexibility index (Phi) is 5.49. The van der Waals surface area contributed by atoms with E-state index in [1.165, 1.54) is 19.1 Å². The number of alkyl halides is 3. The van der Waals surface area contributed by atoms with Crippen molar-refractivity contribution in [2.24, 2.45) is 0 Å². The van der Waals surface area contributed by atoms with Gasteiger partial charge in [0.05, 0.1) is 11.1 Å². The summed E-state index contributed by atoms with van der Waals surface area (Å²) in [7, 11) is 0. The van der Waals surface area contributed by atoms with Gasteiger partial charge in [-0.05, 0) is 25.5 Å². The van der Waals surface area contributed by atoms with Crippen LogP contribution in [0, 0.1) is 0 Å². The predicted molar refractivity (Wildman–Crippen MR) is 83.9 cm³/mol. The predicted octanol–water partition coefficient (Wildman–Crippen LogP) is 2.86. The van der Waals surface area contributed by atoms with E-state index in [4.69, 9.17) is 0 Å². The highest BCUT2D eigenvalue weighted by atomic mass is 19.4. The molecule has 0 saturated carbocycles. The Morgan fingerprint density at radius 1 is 1.16 bits per heavy atom. The monoisotopic (exact) mass is 356 g/mol. The topological polar surface area (TPSA) is 57.7 Å². The second kappa shape index (κ2) is 7.25. The summed E-state index contributed by atoms with van der Waals surface area (Å²) < 4.78 is 38.3. The number of hydrogen-bond acceptors (Lipinski definition) is 3. The van der Waals surface area contributed by atoms with Crippen LogP contribution in [0.4, 0.5) is 13.2 Å². The van der Waals surface area contributed by atoms with E-state index in [9.17, 15) is 27.6 Å². The minimum atomic E-state index is -4.55. The Morgan fingerprint density at radius 2 is 1.68 bits per heavy atom. The standard InChI is InChI=1S/C17H19F3N2O3/c1-3-4-9-21(10-17(18,19)20)14(23)11(2)22-15(24)12-7-5-6-8-13(12)16(22)25/h5-8,11H,3-4,9-10H2,1-2H3. The van der Waals surface area contributed by atoms with E-state index in [1.54, 1.807) is 19.1 Å². The molecule has 0 aliphatic carbocycles. The second-order valence-corrected chi connectivity index (χ2v) is 5.93. The van der Waals surface area contributed by atoms with Gasteiger partial charge in [0, 0.05) is 6.54 Å². The summed E-state index contributed by atoms with van der Waals surface area (Å²) in [6.07, 6.45) is -3.54. The first kappa shape index (κ1) is 19.0. The number of nitrogens with zero attached hydrogens (tertiary/aromatic N) is 2. The first-order valence-corrected chi connectivity index (χ1v) is 7.99. The van der Waals surface area contributed by atoms with Crippen molar-refractivity contribution in [2.75, 3.05) is 13.1 Å². The first-order valence-electron chi connectivity index (χ1n) is 7.99. The summed E-state index contributed by atoms with van der Waals surface area (Å²) in [6.45, 7) is 1.59. The molecule has 25 heavy (non-hydrogen) atoms. The highest BCUT2D eigenvalue weighted by Crippen LogP contribution is 2.26. The number of halogens is 3. The molecule has 1 aromatic carbocycles. The molecule has 1 unspecified atom stereocenters. The third-order valence-electron chi connectivity index (χ3n) is 4.03.